The lowest BCUT2D eigenvalue weighted by atomic mass is 9.76. The molecule has 1 aliphatic carbocycles. The van der Waals surface area contributed by atoms with Gasteiger partial charge in [-0.1, -0.05) is 26.0 Å². The van der Waals surface area contributed by atoms with Gasteiger partial charge in [0, 0.05) is 26.6 Å². The standard InChI is InChI=1S/C24H31FN2O4/c1-4-26(5-2)12-13-27-21(15-6-8-16(25)9-7-15)20-22(28)18-11-10-17(30-3)14-19(18)31-23(20)24(27)29/h6-9,17-19,21H,4-5,10-14H2,1-3H3. The Morgan fingerprint density at radius 3 is 2.52 bits per heavy atom. The number of Topliss-reactive ketones (excluding diaryl/α,β-unsaturated/α-hetero) is 1. The van der Waals surface area contributed by atoms with Crippen LogP contribution in [-0.2, 0) is 19.1 Å². The number of fused-ring (bicyclic) bond motifs is 1. The fraction of sp³-hybridized carbons (Fsp3) is 0.583. The molecule has 1 aromatic carbocycles. The molecule has 1 saturated carbocycles. The van der Waals surface area contributed by atoms with E-state index in [-0.39, 0.29) is 41.4 Å². The minimum absolute atomic E-state index is 0.00572. The van der Waals surface area contributed by atoms with Crippen LogP contribution in [0.15, 0.2) is 35.6 Å². The normalized spacial score (nSPS) is 28.1. The number of benzene rings is 1. The van der Waals surface area contributed by atoms with Gasteiger partial charge in [-0.25, -0.2) is 4.39 Å². The van der Waals surface area contributed by atoms with Gasteiger partial charge in [-0.15, -0.1) is 0 Å². The maximum Gasteiger partial charge on any atom is 0.290 e. The average Bonchev–Trinajstić information content (AvgIpc) is 3.06. The zero-order chi connectivity index (χ0) is 22.1. The SMILES string of the molecule is CCN(CC)CCN1C(=O)C2=C(C(=O)C3CCC(OC)CC3O2)C1c1ccc(F)cc1. The summed E-state index contributed by atoms with van der Waals surface area (Å²) in [6.07, 6.45) is 1.81. The summed E-state index contributed by atoms with van der Waals surface area (Å²) in [7, 11) is 1.67. The Balaban J connectivity index is 1.69. The molecule has 0 saturated heterocycles. The Bertz CT molecular complexity index is 865. The van der Waals surface area contributed by atoms with Crippen LogP contribution in [0.1, 0.15) is 44.7 Å². The molecule has 0 aromatic heterocycles. The lowest BCUT2D eigenvalue weighted by Gasteiger charge is -2.38. The van der Waals surface area contributed by atoms with Crippen LogP contribution in [0, 0.1) is 11.7 Å². The van der Waals surface area contributed by atoms with Gasteiger partial charge in [0.05, 0.1) is 23.6 Å². The van der Waals surface area contributed by atoms with Crippen molar-refractivity contribution < 1.29 is 23.5 Å². The molecule has 4 atom stereocenters. The number of methoxy groups -OCH3 is 1. The van der Waals surface area contributed by atoms with Crippen molar-refractivity contribution in [1.29, 1.82) is 0 Å². The van der Waals surface area contributed by atoms with E-state index in [1.165, 1.54) is 12.1 Å². The number of halogens is 1. The average molecular weight is 431 g/mol. The Labute approximate surface area is 183 Å². The predicted molar refractivity (Wildman–Crippen MR) is 114 cm³/mol. The van der Waals surface area contributed by atoms with E-state index >= 15 is 0 Å². The third kappa shape index (κ3) is 4.01. The van der Waals surface area contributed by atoms with Crippen molar-refractivity contribution >= 4 is 11.7 Å². The zero-order valence-corrected chi connectivity index (χ0v) is 18.5. The topological polar surface area (TPSA) is 59.1 Å². The van der Waals surface area contributed by atoms with E-state index in [1.54, 1.807) is 24.1 Å². The highest BCUT2D eigenvalue weighted by molar-refractivity contribution is 6.11. The molecule has 7 heteroatoms. The van der Waals surface area contributed by atoms with Crippen LogP contribution < -0.4 is 0 Å². The highest BCUT2D eigenvalue weighted by atomic mass is 19.1. The lowest BCUT2D eigenvalue weighted by molar-refractivity contribution is -0.138. The Hall–Kier alpha value is -2.25. The monoisotopic (exact) mass is 430 g/mol. The number of ether oxygens (including phenoxy) is 2. The molecular formula is C24H31FN2O4. The van der Waals surface area contributed by atoms with Gasteiger partial charge in [0.15, 0.2) is 11.5 Å². The summed E-state index contributed by atoms with van der Waals surface area (Å²) in [5.74, 6) is -0.682. The molecule has 31 heavy (non-hydrogen) atoms. The molecule has 4 rings (SSSR count). The van der Waals surface area contributed by atoms with Crippen LogP contribution in [0.25, 0.3) is 0 Å². The van der Waals surface area contributed by atoms with Crippen LogP contribution in [0.4, 0.5) is 4.39 Å². The molecule has 4 unspecified atom stereocenters. The first-order valence-electron chi connectivity index (χ1n) is 11.2. The summed E-state index contributed by atoms with van der Waals surface area (Å²) in [6.45, 7) is 7.10. The van der Waals surface area contributed by atoms with E-state index in [9.17, 15) is 14.0 Å². The first-order chi connectivity index (χ1) is 15.0. The van der Waals surface area contributed by atoms with E-state index in [4.69, 9.17) is 9.47 Å². The minimum atomic E-state index is -0.535. The van der Waals surface area contributed by atoms with Gasteiger partial charge in [-0.3, -0.25) is 9.59 Å². The Kier molecular flexibility index (Phi) is 6.44. The summed E-state index contributed by atoms with van der Waals surface area (Å²) in [5, 5.41) is 0. The Morgan fingerprint density at radius 2 is 1.87 bits per heavy atom. The zero-order valence-electron chi connectivity index (χ0n) is 18.5. The number of amides is 1. The van der Waals surface area contributed by atoms with Gasteiger partial charge >= 0.3 is 0 Å². The highest BCUT2D eigenvalue weighted by Crippen LogP contribution is 2.46. The quantitative estimate of drug-likeness (QED) is 0.665. The van der Waals surface area contributed by atoms with Crippen molar-refractivity contribution in [3.63, 3.8) is 0 Å². The van der Waals surface area contributed by atoms with E-state index in [2.05, 4.69) is 18.7 Å². The van der Waals surface area contributed by atoms with E-state index in [0.29, 0.717) is 31.5 Å². The molecule has 0 radical (unpaired) electrons. The Morgan fingerprint density at radius 1 is 1.16 bits per heavy atom. The largest absolute Gasteiger partial charge is 0.483 e. The van der Waals surface area contributed by atoms with Crippen LogP contribution >= 0.6 is 0 Å². The first-order valence-corrected chi connectivity index (χ1v) is 11.2. The van der Waals surface area contributed by atoms with Gasteiger partial charge in [-0.05, 0) is 43.6 Å². The molecule has 3 aliphatic rings. The summed E-state index contributed by atoms with van der Waals surface area (Å²) in [4.78, 5) is 31.0. The molecule has 2 heterocycles. The van der Waals surface area contributed by atoms with Crippen LogP contribution in [-0.4, -0.2) is 67.0 Å². The van der Waals surface area contributed by atoms with Gasteiger partial charge in [0.25, 0.3) is 5.91 Å². The summed E-state index contributed by atoms with van der Waals surface area (Å²) < 4.78 is 25.3. The maximum absolute atomic E-state index is 13.6. The highest BCUT2D eigenvalue weighted by Gasteiger charge is 2.52. The van der Waals surface area contributed by atoms with Crippen LogP contribution in [0.3, 0.4) is 0 Å². The number of ketones is 1. The summed E-state index contributed by atoms with van der Waals surface area (Å²) in [5.41, 5.74) is 1.17. The number of carbonyl (C=O) groups is 2. The molecule has 6 nitrogen and oxygen atoms in total. The summed E-state index contributed by atoms with van der Waals surface area (Å²) >= 11 is 0. The number of rotatable bonds is 7. The fourth-order valence-electron chi connectivity index (χ4n) is 5.10. The van der Waals surface area contributed by atoms with Crippen molar-refractivity contribution in [2.45, 2.75) is 51.4 Å². The van der Waals surface area contributed by atoms with E-state index in [0.717, 1.165) is 25.1 Å². The predicted octanol–water partition coefficient (Wildman–Crippen LogP) is 3.09. The van der Waals surface area contributed by atoms with Crippen molar-refractivity contribution in [3.8, 4) is 0 Å². The fourth-order valence-corrected chi connectivity index (χ4v) is 5.10. The number of nitrogens with zero attached hydrogens (tertiary/aromatic N) is 2. The molecule has 1 fully saturated rings. The molecule has 0 N–H and O–H groups in total. The van der Waals surface area contributed by atoms with Gasteiger partial charge in [0.2, 0.25) is 0 Å². The molecular weight excluding hydrogens is 399 g/mol. The van der Waals surface area contributed by atoms with Crippen LogP contribution in [0.5, 0.6) is 0 Å². The van der Waals surface area contributed by atoms with Crippen molar-refractivity contribution in [3.05, 3.63) is 47.0 Å². The third-order valence-corrected chi connectivity index (χ3v) is 6.97. The van der Waals surface area contributed by atoms with E-state index < -0.39 is 6.04 Å². The first kappa shape index (κ1) is 22.0. The van der Waals surface area contributed by atoms with E-state index in [1.807, 2.05) is 0 Å². The molecule has 1 aromatic rings. The van der Waals surface area contributed by atoms with Crippen molar-refractivity contribution in [2.75, 3.05) is 33.3 Å². The smallest absolute Gasteiger partial charge is 0.290 e. The second kappa shape index (κ2) is 9.09. The molecule has 2 aliphatic heterocycles. The number of hydrogen-bond acceptors (Lipinski definition) is 5. The molecule has 168 valence electrons. The molecule has 0 bridgehead atoms. The van der Waals surface area contributed by atoms with Crippen molar-refractivity contribution in [2.24, 2.45) is 5.92 Å². The second-order valence-electron chi connectivity index (χ2n) is 8.52. The number of likely N-dealkylation sites (N-methyl/N-ethyl adjacent to an activating group) is 1. The van der Waals surface area contributed by atoms with Crippen molar-refractivity contribution in [1.82, 2.24) is 9.80 Å². The molecule has 1 amide bonds. The number of carbonyl (C=O) groups excluding carboxylic acids is 2. The lowest BCUT2D eigenvalue weighted by Crippen LogP contribution is -2.43. The molecule has 0 spiro atoms. The number of hydrogen-bond donors (Lipinski definition) is 0. The van der Waals surface area contributed by atoms with Crippen LogP contribution in [0.2, 0.25) is 0 Å². The minimum Gasteiger partial charge on any atom is -0.483 e. The van der Waals surface area contributed by atoms with Gasteiger partial charge < -0.3 is 19.3 Å². The van der Waals surface area contributed by atoms with Gasteiger partial charge in [-0.2, -0.15) is 0 Å². The maximum atomic E-state index is 13.6. The second-order valence-corrected chi connectivity index (χ2v) is 8.52. The summed E-state index contributed by atoms with van der Waals surface area (Å²) in [6, 6.07) is 5.54. The van der Waals surface area contributed by atoms with Gasteiger partial charge in [0.1, 0.15) is 11.9 Å². The third-order valence-electron chi connectivity index (χ3n) is 6.97.